The number of amides is 1. The molecule has 1 amide bonds. The molecular weight excluding hydrogens is 270 g/mol. The minimum absolute atomic E-state index is 0.0197. The summed E-state index contributed by atoms with van der Waals surface area (Å²) < 4.78 is 30.7. The molecule has 1 aliphatic rings. The number of ether oxygens (including phenoxy) is 1. The number of carbonyl (C=O) groups excluding carboxylic acids is 2. The van der Waals surface area contributed by atoms with Crippen molar-refractivity contribution in [2.24, 2.45) is 0 Å². The highest BCUT2D eigenvalue weighted by atomic mass is 19.2. The van der Waals surface area contributed by atoms with E-state index in [-0.39, 0.29) is 36.2 Å². The maximum atomic E-state index is 13.0. The van der Waals surface area contributed by atoms with Crippen LogP contribution >= 0.6 is 0 Å². The summed E-state index contributed by atoms with van der Waals surface area (Å²) in [6.45, 7) is -0.143. The van der Waals surface area contributed by atoms with E-state index in [1.54, 1.807) is 0 Å². The van der Waals surface area contributed by atoms with E-state index in [1.807, 2.05) is 0 Å². The molecule has 0 radical (unpaired) electrons. The molecule has 1 saturated carbocycles. The molecule has 0 unspecified atom stereocenters. The number of carbonyl (C=O) groups is 2. The van der Waals surface area contributed by atoms with Gasteiger partial charge in [0.2, 0.25) is 5.91 Å². The van der Waals surface area contributed by atoms with E-state index in [0.29, 0.717) is 12.1 Å². The molecule has 1 fully saturated rings. The van der Waals surface area contributed by atoms with Gasteiger partial charge in [-0.2, -0.15) is 0 Å². The predicted octanol–water partition coefficient (Wildman–Crippen LogP) is 1.37. The Hall–Kier alpha value is -2.18. The number of hydrogen-bond donors (Lipinski definition) is 2. The Balaban J connectivity index is 1.85. The molecule has 2 rings (SSSR count). The van der Waals surface area contributed by atoms with Crippen LogP contribution in [0, 0.1) is 11.6 Å². The van der Waals surface area contributed by atoms with Gasteiger partial charge in [-0.25, -0.2) is 13.6 Å². The molecule has 20 heavy (non-hydrogen) atoms. The van der Waals surface area contributed by atoms with Crippen molar-refractivity contribution in [2.75, 3.05) is 12.3 Å². The Kier molecular flexibility index (Phi) is 4.16. The molecule has 0 aromatic heterocycles. The largest absolute Gasteiger partial charge is 0.461 e. The highest BCUT2D eigenvalue weighted by molar-refractivity contribution is 5.95. The van der Waals surface area contributed by atoms with Gasteiger partial charge in [0.05, 0.1) is 12.0 Å². The Morgan fingerprint density at radius 2 is 1.95 bits per heavy atom. The number of benzene rings is 1. The molecule has 7 heteroatoms. The van der Waals surface area contributed by atoms with E-state index >= 15 is 0 Å². The molecule has 5 nitrogen and oxygen atoms in total. The van der Waals surface area contributed by atoms with Crippen LogP contribution in [0.25, 0.3) is 0 Å². The maximum absolute atomic E-state index is 13.0. The quantitative estimate of drug-likeness (QED) is 0.632. The average molecular weight is 284 g/mol. The minimum Gasteiger partial charge on any atom is -0.461 e. The summed E-state index contributed by atoms with van der Waals surface area (Å²) in [5.74, 6) is -3.42. The van der Waals surface area contributed by atoms with Crippen LogP contribution in [0.1, 0.15) is 29.6 Å². The number of rotatable bonds is 5. The lowest BCUT2D eigenvalue weighted by atomic mass is 10.1. The number of esters is 1. The zero-order valence-electron chi connectivity index (χ0n) is 10.6. The van der Waals surface area contributed by atoms with Crippen molar-refractivity contribution < 1.29 is 23.1 Å². The fraction of sp³-hybridized carbons (Fsp3) is 0.385. The second-order valence-electron chi connectivity index (χ2n) is 4.58. The van der Waals surface area contributed by atoms with E-state index in [4.69, 9.17) is 10.5 Å². The topological polar surface area (TPSA) is 81.4 Å². The van der Waals surface area contributed by atoms with Crippen molar-refractivity contribution in [1.82, 2.24) is 5.32 Å². The monoisotopic (exact) mass is 284 g/mol. The van der Waals surface area contributed by atoms with E-state index in [0.717, 1.165) is 12.8 Å². The summed E-state index contributed by atoms with van der Waals surface area (Å²) in [7, 11) is 0. The fourth-order valence-electron chi connectivity index (χ4n) is 1.58. The first-order valence-electron chi connectivity index (χ1n) is 6.18. The molecule has 0 atom stereocenters. The first kappa shape index (κ1) is 14.2. The van der Waals surface area contributed by atoms with Crippen LogP contribution in [0.5, 0.6) is 0 Å². The minimum atomic E-state index is -1.18. The van der Waals surface area contributed by atoms with Crippen LogP contribution in [-0.4, -0.2) is 24.5 Å². The Morgan fingerprint density at radius 1 is 1.30 bits per heavy atom. The summed E-state index contributed by atoms with van der Waals surface area (Å²) in [4.78, 5) is 23.0. The van der Waals surface area contributed by atoms with Crippen molar-refractivity contribution in [3.8, 4) is 0 Å². The lowest BCUT2D eigenvalue weighted by Crippen LogP contribution is -2.26. The molecule has 108 valence electrons. The van der Waals surface area contributed by atoms with E-state index in [2.05, 4.69) is 5.32 Å². The normalized spacial score (nSPS) is 13.9. The third-order valence-electron chi connectivity index (χ3n) is 2.82. The van der Waals surface area contributed by atoms with Crippen LogP contribution in [0.4, 0.5) is 14.5 Å². The summed E-state index contributed by atoms with van der Waals surface area (Å²) in [5.41, 5.74) is 4.94. The van der Waals surface area contributed by atoms with Gasteiger partial charge in [-0.15, -0.1) is 0 Å². The van der Waals surface area contributed by atoms with Crippen LogP contribution in [0.3, 0.4) is 0 Å². The summed E-state index contributed by atoms with van der Waals surface area (Å²) in [6, 6.07) is 1.63. The second-order valence-corrected chi connectivity index (χ2v) is 4.58. The van der Waals surface area contributed by atoms with Gasteiger partial charge in [-0.3, -0.25) is 4.79 Å². The van der Waals surface area contributed by atoms with Crippen molar-refractivity contribution in [2.45, 2.75) is 25.3 Å². The van der Waals surface area contributed by atoms with Crippen LogP contribution in [0.2, 0.25) is 0 Å². The van der Waals surface area contributed by atoms with Crippen molar-refractivity contribution in [3.05, 3.63) is 29.3 Å². The highest BCUT2D eigenvalue weighted by Gasteiger charge is 2.23. The molecule has 1 aliphatic carbocycles. The van der Waals surface area contributed by atoms with Gasteiger partial charge in [0.25, 0.3) is 0 Å². The highest BCUT2D eigenvalue weighted by Crippen LogP contribution is 2.19. The Bertz CT molecular complexity index is 545. The second kappa shape index (κ2) is 5.85. The summed E-state index contributed by atoms with van der Waals surface area (Å²) in [5, 5.41) is 2.73. The van der Waals surface area contributed by atoms with E-state index in [1.165, 1.54) is 0 Å². The predicted molar refractivity (Wildman–Crippen MR) is 66.8 cm³/mol. The van der Waals surface area contributed by atoms with Gasteiger partial charge in [0.1, 0.15) is 6.61 Å². The number of nitrogen functional groups attached to an aromatic ring is 1. The molecule has 1 aromatic rings. The van der Waals surface area contributed by atoms with Crippen LogP contribution in [0.15, 0.2) is 12.1 Å². The SMILES string of the molecule is Nc1cc(F)c(F)cc1C(=O)OCCC(=O)NC1CC1. The van der Waals surface area contributed by atoms with Crippen molar-refractivity contribution in [1.29, 1.82) is 0 Å². The lowest BCUT2D eigenvalue weighted by molar-refractivity contribution is -0.121. The summed E-state index contributed by atoms with van der Waals surface area (Å²) in [6.07, 6.45) is 1.96. The number of hydrogen-bond acceptors (Lipinski definition) is 4. The van der Waals surface area contributed by atoms with Crippen LogP contribution in [-0.2, 0) is 9.53 Å². The molecule has 0 aliphatic heterocycles. The van der Waals surface area contributed by atoms with Crippen LogP contribution < -0.4 is 11.1 Å². The summed E-state index contributed by atoms with van der Waals surface area (Å²) >= 11 is 0. The number of nitrogens with two attached hydrogens (primary N) is 1. The van der Waals surface area contributed by atoms with Crippen molar-refractivity contribution >= 4 is 17.6 Å². The number of nitrogens with one attached hydrogen (secondary N) is 1. The molecule has 0 bridgehead atoms. The Morgan fingerprint density at radius 3 is 2.60 bits per heavy atom. The van der Waals surface area contributed by atoms with Gasteiger partial charge in [0.15, 0.2) is 11.6 Å². The van der Waals surface area contributed by atoms with Gasteiger partial charge in [0, 0.05) is 17.8 Å². The van der Waals surface area contributed by atoms with E-state index < -0.39 is 17.6 Å². The van der Waals surface area contributed by atoms with Gasteiger partial charge < -0.3 is 15.8 Å². The fourth-order valence-corrected chi connectivity index (χ4v) is 1.58. The molecular formula is C13H14F2N2O3. The molecule has 0 saturated heterocycles. The Labute approximate surface area is 114 Å². The van der Waals surface area contributed by atoms with Crippen molar-refractivity contribution in [3.63, 3.8) is 0 Å². The molecule has 1 aromatic carbocycles. The van der Waals surface area contributed by atoms with E-state index in [9.17, 15) is 18.4 Å². The first-order valence-corrected chi connectivity index (χ1v) is 6.18. The standard InChI is InChI=1S/C13H14F2N2O3/c14-9-5-8(11(16)6-10(9)15)13(19)20-4-3-12(18)17-7-1-2-7/h5-7H,1-4,16H2,(H,17,18). The third-order valence-corrected chi connectivity index (χ3v) is 2.82. The smallest absolute Gasteiger partial charge is 0.340 e. The average Bonchev–Trinajstić information content (AvgIpc) is 3.17. The number of anilines is 1. The number of halogens is 2. The first-order chi connectivity index (χ1) is 9.47. The van der Waals surface area contributed by atoms with Gasteiger partial charge in [-0.05, 0) is 18.9 Å². The molecule has 3 N–H and O–H groups in total. The van der Waals surface area contributed by atoms with Gasteiger partial charge >= 0.3 is 5.97 Å². The third kappa shape index (κ3) is 3.66. The maximum Gasteiger partial charge on any atom is 0.340 e. The van der Waals surface area contributed by atoms with Gasteiger partial charge in [-0.1, -0.05) is 0 Å². The zero-order chi connectivity index (χ0) is 14.7. The lowest BCUT2D eigenvalue weighted by Gasteiger charge is -2.08. The molecule has 0 heterocycles. The zero-order valence-corrected chi connectivity index (χ0v) is 10.6. The molecule has 0 spiro atoms.